The maximum Gasteiger partial charge on any atom is 0.309 e. The molecule has 0 aliphatic heterocycles. The highest BCUT2D eigenvalue weighted by Crippen LogP contribution is 2.69. The molecule has 8 fully saturated rings. The van der Waals surface area contributed by atoms with Crippen molar-refractivity contribution < 1.29 is 19.8 Å². The number of rotatable bonds is 4. The highest BCUT2D eigenvalue weighted by atomic mass is 16.4. The average Bonchev–Trinajstić information content (AvgIpc) is 2.73. The van der Waals surface area contributed by atoms with Crippen molar-refractivity contribution in [2.24, 2.45) is 34.5 Å². The van der Waals surface area contributed by atoms with Crippen molar-refractivity contribution in [1.29, 1.82) is 0 Å². The van der Waals surface area contributed by atoms with Crippen molar-refractivity contribution in [1.82, 2.24) is 0 Å². The number of aryl methyl sites for hydroxylation is 1. The molecule has 0 aromatic heterocycles. The van der Waals surface area contributed by atoms with Gasteiger partial charge in [-0.3, -0.25) is 9.59 Å². The maximum absolute atomic E-state index is 12.5. The first-order valence-electron chi connectivity index (χ1n) is 13.7. The molecule has 4 atom stereocenters. The summed E-state index contributed by atoms with van der Waals surface area (Å²) >= 11 is 0. The van der Waals surface area contributed by atoms with Gasteiger partial charge in [-0.1, -0.05) is 17.7 Å². The van der Waals surface area contributed by atoms with Crippen LogP contribution in [0.1, 0.15) is 99.3 Å². The Labute approximate surface area is 202 Å². The first-order valence-corrected chi connectivity index (χ1v) is 13.7. The van der Waals surface area contributed by atoms with E-state index in [0.29, 0.717) is 23.7 Å². The fraction of sp³-hybridized carbons (Fsp3) is 0.733. The minimum absolute atomic E-state index is 0.0138. The van der Waals surface area contributed by atoms with Gasteiger partial charge in [0.05, 0.1) is 10.8 Å². The second-order valence-electron chi connectivity index (χ2n) is 14.1. The summed E-state index contributed by atoms with van der Waals surface area (Å²) in [6, 6.07) is 4.77. The fourth-order valence-electron chi connectivity index (χ4n) is 11.6. The molecule has 9 rings (SSSR count). The molecule has 0 heterocycles. The zero-order valence-electron chi connectivity index (χ0n) is 20.7. The fourth-order valence-corrected chi connectivity index (χ4v) is 11.6. The lowest BCUT2D eigenvalue weighted by Crippen LogP contribution is -2.58. The van der Waals surface area contributed by atoms with Crippen molar-refractivity contribution in [2.45, 2.75) is 102 Å². The monoisotopic (exact) mass is 462 g/mol. The summed E-state index contributed by atoms with van der Waals surface area (Å²) in [5, 5.41) is 20.6. The zero-order chi connectivity index (χ0) is 23.7. The van der Waals surface area contributed by atoms with Crippen LogP contribution in [-0.4, -0.2) is 22.2 Å². The molecule has 0 spiro atoms. The summed E-state index contributed by atoms with van der Waals surface area (Å²) in [5.74, 6) is 1.01. The van der Waals surface area contributed by atoms with E-state index >= 15 is 0 Å². The van der Waals surface area contributed by atoms with Crippen LogP contribution in [0.25, 0.3) is 0 Å². The van der Waals surface area contributed by atoms with Crippen LogP contribution in [0, 0.1) is 48.3 Å². The summed E-state index contributed by atoms with van der Waals surface area (Å²) in [6.45, 7) is 4.50. The highest BCUT2D eigenvalue weighted by Gasteiger charge is 2.63. The number of aliphatic carboxylic acids is 2. The molecule has 2 N–H and O–H groups in total. The average molecular weight is 463 g/mol. The van der Waals surface area contributed by atoms with Crippen molar-refractivity contribution in [3.05, 3.63) is 34.4 Å². The minimum Gasteiger partial charge on any atom is -0.481 e. The van der Waals surface area contributed by atoms with E-state index in [1.165, 1.54) is 35.1 Å². The molecule has 8 aliphatic rings. The van der Waals surface area contributed by atoms with Gasteiger partial charge in [0.15, 0.2) is 0 Å². The number of hydrogen-bond donors (Lipinski definition) is 2. The Balaban J connectivity index is 1.36. The minimum atomic E-state index is -0.569. The molecule has 0 saturated heterocycles. The van der Waals surface area contributed by atoms with E-state index in [9.17, 15) is 19.8 Å². The Morgan fingerprint density at radius 2 is 1.03 bits per heavy atom. The summed E-state index contributed by atoms with van der Waals surface area (Å²) in [5.41, 5.74) is 4.39. The van der Waals surface area contributed by atoms with Gasteiger partial charge in [0.2, 0.25) is 0 Å². The van der Waals surface area contributed by atoms with Crippen LogP contribution in [0.4, 0.5) is 0 Å². The summed E-state index contributed by atoms with van der Waals surface area (Å²) in [6.07, 6.45) is 12.0. The Morgan fingerprint density at radius 3 is 1.35 bits per heavy atom. The predicted molar refractivity (Wildman–Crippen MR) is 129 cm³/mol. The molecule has 8 saturated carbocycles. The Morgan fingerprint density at radius 1 is 0.676 bits per heavy atom. The van der Waals surface area contributed by atoms with E-state index in [1.807, 2.05) is 0 Å². The molecular weight excluding hydrogens is 424 g/mol. The SMILES string of the molecule is Cc1cc(C23CC4CC(CC(C(=O)O)(C4)C2)C3)c(C)c(C23CC4CC(CC(C(=O)O)(C4)C2)C3)c1. The highest BCUT2D eigenvalue weighted by molar-refractivity contribution is 5.77. The van der Waals surface area contributed by atoms with Gasteiger partial charge in [-0.15, -0.1) is 0 Å². The Hall–Kier alpha value is -1.84. The molecule has 182 valence electrons. The second kappa shape index (κ2) is 6.48. The van der Waals surface area contributed by atoms with Gasteiger partial charge in [0.25, 0.3) is 0 Å². The van der Waals surface area contributed by atoms with E-state index < -0.39 is 22.8 Å². The second-order valence-corrected chi connectivity index (χ2v) is 14.1. The molecule has 0 radical (unpaired) electrons. The van der Waals surface area contributed by atoms with Gasteiger partial charge < -0.3 is 10.2 Å². The lowest BCUT2D eigenvalue weighted by Gasteiger charge is -2.62. The van der Waals surface area contributed by atoms with Crippen LogP contribution in [-0.2, 0) is 20.4 Å². The molecule has 8 aliphatic carbocycles. The van der Waals surface area contributed by atoms with E-state index in [4.69, 9.17) is 0 Å². The third kappa shape index (κ3) is 2.66. The lowest BCUT2D eigenvalue weighted by molar-refractivity contribution is -0.167. The van der Waals surface area contributed by atoms with Crippen molar-refractivity contribution in [3.63, 3.8) is 0 Å². The van der Waals surface area contributed by atoms with Crippen LogP contribution in [0.15, 0.2) is 12.1 Å². The Kier molecular flexibility index (Phi) is 4.08. The molecule has 0 amide bonds. The third-order valence-corrected chi connectivity index (χ3v) is 11.7. The van der Waals surface area contributed by atoms with Crippen molar-refractivity contribution in [3.8, 4) is 0 Å². The molecule has 4 heteroatoms. The molecule has 4 nitrogen and oxygen atoms in total. The van der Waals surface area contributed by atoms with Crippen LogP contribution < -0.4 is 0 Å². The van der Waals surface area contributed by atoms with Gasteiger partial charge in [0, 0.05) is 0 Å². The van der Waals surface area contributed by atoms with Crippen molar-refractivity contribution >= 4 is 11.9 Å². The van der Waals surface area contributed by atoms with Crippen molar-refractivity contribution in [2.75, 3.05) is 0 Å². The van der Waals surface area contributed by atoms with Gasteiger partial charge in [0.1, 0.15) is 0 Å². The van der Waals surface area contributed by atoms with E-state index in [0.717, 1.165) is 64.2 Å². The number of carbonyl (C=O) groups is 2. The van der Waals surface area contributed by atoms with E-state index in [-0.39, 0.29) is 10.8 Å². The quantitative estimate of drug-likeness (QED) is 0.563. The zero-order valence-corrected chi connectivity index (χ0v) is 20.7. The largest absolute Gasteiger partial charge is 0.481 e. The van der Waals surface area contributed by atoms with E-state index in [2.05, 4.69) is 26.0 Å². The first kappa shape index (κ1) is 21.4. The molecule has 34 heavy (non-hydrogen) atoms. The lowest BCUT2D eigenvalue weighted by atomic mass is 9.41. The molecule has 1 aromatic carbocycles. The normalized spacial score (nSPS) is 47.8. The topological polar surface area (TPSA) is 74.6 Å². The Bertz CT molecular complexity index is 1000. The number of hydrogen-bond acceptors (Lipinski definition) is 2. The predicted octanol–water partition coefficient (Wildman–Crippen LogP) is 6.15. The van der Waals surface area contributed by atoms with Crippen LogP contribution in [0.5, 0.6) is 0 Å². The standard InChI is InChI=1S/C30H38O4/c1-17-3-23(27-7-19-5-20(8-27)12-29(11-19,15-27)25(31)32)18(2)24(4-17)28-9-21-6-22(10-28)14-30(13-21,16-28)26(33)34/h3-4,19-22H,5-16H2,1-2H3,(H,31,32)(H,33,34). The van der Waals surface area contributed by atoms with Gasteiger partial charge in [-0.25, -0.2) is 0 Å². The summed E-state index contributed by atoms with van der Waals surface area (Å²) in [7, 11) is 0. The van der Waals surface area contributed by atoms with Crippen LogP contribution in [0.2, 0.25) is 0 Å². The van der Waals surface area contributed by atoms with Gasteiger partial charge >= 0.3 is 11.9 Å². The smallest absolute Gasteiger partial charge is 0.309 e. The van der Waals surface area contributed by atoms with Crippen LogP contribution in [0.3, 0.4) is 0 Å². The number of carboxylic acid groups (broad SMARTS) is 2. The van der Waals surface area contributed by atoms with Gasteiger partial charge in [-0.05, 0) is 142 Å². The molecule has 4 unspecified atom stereocenters. The first-order chi connectivity index (χ1) is 16.1. The van der Waals surface area contributed by atoms with Crippen LogP contribution >= 0.6 is 0 Å². The number of carboxylic acids is 2. The summed E-state index contributed by atoms with van der Waals surface area (Å²) < 4.78 is 0. The molecule has 1 aromatic rings. The number of benzene rings is 1. The molecule has 8 bridgehead atoms. The van der Waals surface area contributed by atoms with E-state index in [1.54, 1.807) is 0 Å². The maximum atomic E-state index is 12.5. The third-order valence-electron chi connectivity index (χ3n) is 11.7. The molecular formula is C30H38O4. The summed E-state index contributed by atoms with van der Waals surface area (Å²) in [4.78, 5) is 25.0. The van der Waals surface area contributed by atoms with Gasteiger partial charge in [-0.2, -0.15) is 0 Å².